The van der Waals surface area contributed by atoms with Gasteiger partial charge in [-0.1, -0.05) is 13.3 Å². The maximum absolute atomic E-state index is 12.6. The molecule has 2 saturated carbocycles. The Morgan fingerprint density at radius 2 is 2.06 bits per heavy atom. The second kappa shape index (κ2) is 9.72. The van der Waals surface area contributed by atoms with E-state index in [2.05, 4.69) is 16.8 Å². The lowest BCUT2D eigenvalue weighted by molar-refractivity contribution is -0.151. The van der Waals surface area contributed by atoms with Crippen molar-refractivity contribution >= 4 is 18.0 Å². The van der Waals surface area contributed by atoms with Gasteiger partial charge in [-0.3, -0.25) is 4.79 Å². The van der Waals surface area contributed by atoms with E-state index in [0.29, 0.717) is 11.8 Å². The van der Waals surface area contributed by atoms with E-state index in [1.807, 2.05) is 32.9 Å². The highest BCUT2D eigenvalue weighted by Crippen LogP contribution is 2.49. The average molecular weight is 426 g/mol. The number of nitrogens with one attached hydrogen (secondary N) is 1. The van der Waals surface area contributed by atoms with Gasteiger partial charge in [-0.2, -0.15) is 5.26 Å². The Morgan fingerprint density at radius 1 is 1.32 bits per heavy atom. The number of fused-ring (bicyclic) bond motifs is 2. The molecule has 6 nitrogen and oxygen atoms in total. The summed E-state index contributed by atoms with van der Waals surface area (Å²) in [5, 5.41) is 12.5. The van der Waals surface area contributed by atoms with E-state index in [1.165, 1.54) is 25.7 Å². The highest BCUT2D eigenvalue weighted by Gasteiger charge is 2.42. The number of amides is 1. The molecule has 6 heteroatoms. The van der Waals surface area contributed by atoms with Gasteiger partial charge in [0.1, 0.15) is 11.6 Å². The van der Waals surface area contributed by atoms with Crippen LogP contribution in [0.25, 0.3) is 6.08 Å². The summed E-state index contributed by atoms with van der Waals surface area (Å²) in [5.74, 6) is 0.962. The quantitative estimate of drug-likeness (QED) is 0.382. The molecule has 1 aromatic heterocycles. The smallest absolute Gasteiger partial charge is 0.349 e. The van der Waals surface area contributed by atoms with Gasteiger partial charge in [0, 0.05) is 24.0 Å². The first-order valence-electron chi connectivity index (χ1n) is 11.5. The molecule has 3 rings (SSSR count). The van der Waals surface area contributed by atoms with Gasteiger partial charge in [0.25, 0.3) is 5.91 Å². The van der Waals surface area contributed by atoms with Crippen LogP contribution in [0.2, 0.25) is 0 Å². The molecule has 2 aliphatic carbocycles. The molecule has 2 aliphatic rings. The number of ether oxygens (including phenoxy) is 1. The van der Waals surface area contributed by atoms with Crippen LogP contribution in [-0.2, 0) is 20.9 Å². The maximum Gasteiger partial charge on any atom is 0.349 e. The first kappa shape index (κ1) is 23.1. The molecule has 1 amide bonds. The van der Waals surface area contributed by atoms with E-state index in [0.717, 1.165) is 35.8 Å². The predicted molar refractivity (Wildman–Crippen MR) is 120 cm³/mol. The molecule has 2 fully saturated rings. The van der Waals surface area contributed by atoms with Gasteiger partial charge in [0.05, 0.1) is 0 Å². The first-order valence-corrected chi connectivity index (χ1v) is 11.5. The van der Waals surface area contributed by atoms with Crippen LogP contribution in [0.15, 0.2) is 11.6 Å². The first-order chi connectivity index (χ1) is 14.7. The van der Waals surface area contributed by atoms with E-state index in [1.54, 1.807) is 13.0 Å². The second-order valence-corrected chi connectivity index (χ2v) is 9.33. The van der Waals surface area contributed by atoms with Crippen molar-refractivity contribution in [2.24, 2.45) is 17.8 Å². The van der Waals surface area contributed by atoms with E-state index in [9.17, 15) is 14.9 Å². The van der Waals surface area contributed by atoms with Crippen molar-refractivity contribution < 1.29 is 14.3 Å². The number of nitrogens with zero attached hydrogens (tertiary/aromatic N) is 2. The van der Waals surface area contributed by atoms with Crippen molar-refractivity contribution in [3.8, 4) is 6.07 Å². The van der Waals surface area contributed by atoms with Crippen LogP contribution in [-0.4, -0.2) is 28.6 Å². The molecule has 31 heavy (non-hydrogen) atoms. The van der Waals surface area contributed by atoms with Gasteiger partial charge < -0.3 is 14.6 Å². The van der Waals surface area contributed by atoms with Gasteiger partial charge >= 0.3 is 5.97 Å². The molecule has 2 bridgehead atoms. The fraction of sp³-hybridized carbons (Fsp3) is 0.640. The monoisotopic (exact) mass is 425 g/mol. The van der Waals surface area contributed by atoms with Crippen molar-refractivity contribution in [1.29, 1.82) is 5.26 Å². The minimum Gasteiger partial charge on any atom is -0.448 e. The lowest BCUT2D eigenvalue weighted by Crippen LogP contribution is -2.45. The zero-order valence-electron chi connectivity index (χ0n) is 19.4. The molecule has 0 spiro atoms. The van der Waals surface area contributed by atoms with Gasteiger partial charge in [0.15, 0.2) is 6.10 Å². The van der Waals surface area contributed by atoms with Crippen molar-refractivity contribution in [1.82, 2.24) is 9.88 Å². The largest absolute Gasteiger partial charge is 0.448 e. The lowest BCUT2D eigenvalue weighted by Gasteiger charge is -2.29. The minimum atomic E-state index is -0.946. The minimum absolute atomic E-state index is 0.0684. The van der Waals surface area contributed by atoms with E-state index >= 15 is 0 Å². The van der Waals surface area contributed by atoms with Crippen LogP contribution in [0.5, 0.6) is 0 Å². The summed E-state index contributed by atoms with van der Waals surface area (Å²) < 4.78 is 7.50. The van der Waals surface area contributed by atoms with E-state index < -0.39 is 12.1 Å². The molecule has 168 valence electrons. The summed E-state index contributed by atoms with van der Waals surface area (Å²) in [6, 6.07) is 3.96. The third kappa shape index (κ3) is 5.03. The Hall–Kier alpha value is -2.55. The number of nitriles is 1. The van der Waals surface area contributed by atoms with Gasteiger partial charge in [0.2, 0.25) is 0 Å². The summed E-state index contributed by atoms with van der Waals surface area (Å²) in [6.45, 7) is 10.6. The fourth-order valence-electron chi connectivity index (χ4n) is 5.47. The van der Waals surface area contributed by atoms with Gasteiger partial charge in [-0.25, -0.2) is 4.79 Å². The highest BCUT2D eigenvalue weighted by atomic mass is 16.5. The number of carbonyl (C=O) groups is 2. The average Bonchev–Trinajstić information content (AvgIpc) is 3.43. The molecule has 1 N–H and O–H groups in total. The molecule has 0 aliphatic heterocycles. The number of hydrogen-bond acceptors (Lipinski definition) is 4. The van der Waals surface area contributed by atoms with Crippen LogP contribution in [0.1, 0.15) is 69.8 Å². The molecular formula is C25H35N3O3. The van der Waals surface area contributed by atoms with E-state index in [-0.39, 0.29) is 17.5 Å². The van der Waals surface area contributed by atoms with Crippen molar-refractivity contribution in [3.05, 3.63) is 28.6 Å². The topological polar surface area (TPSA) is 84.1 Å². The fourth-order valence-corrected chi connectivity index (χ4v) is 5.47. The second-order valence-electron chi connectivity index (χ2n) is 9.33. The Balaban J connectivity index is 1.61. The van der Waals surface area contributed by atoms with E-state index in [4.69, 9.17) is 4.74 Å². The third-order valence-electron chi connectivity index (χ3n) is 7.16. The third-order valence-corrected chi connectivity index (χ3v) is 7.16. The molecule has 0 radical (unpaired) electrons. The van der Waals surface area contributed by atoms with Gasteiger partial charge in [-0.05, 0) is 88.8 Å². The molecule has 1 aromatic rings. The SMILES string of the molecule is CCCn1c(C)cc(/C=C(\C#N)C(=O)O[C@H](C)C(=O)N[C@H](C)[C@@H]2C[C@@H]3CC[C@@H]2C3)c1C. The molecule has 0 saturated heterocycles. The number of carbonyl (C=O) groups excluding carboxylic acids is 2. The number of aromatic nitrogens is 1. The predicted octanol–water partition coefficient (Wildman–Crippen LogP) is 4.29. The Bertz CT molecular complexity index is 908. The van der Waals surface area contributed by atoms with Crippen LogP contribution in [0.3, 0.4) is 0 Å². The summed E-state index contributed by atoms with van der Waals surface area (Å²) in [4.78, 5) is 25.2. The molecular weight excluding hydrogens is 390 g/mol. The van der Waals surface area contributed by atoms with Crippen LogP contribution in [0, 0.1) is 42.9 Å². The summed E-state index contributed by atoms with van der Waals surface area (Å²) >= 11 is 0. The molecule has 0 unspecified atom stereocenters. The Morgan fingerprint density at radius 3 is 2.65 bits per heavy atom. The summed E-state index contributed by atoms with van der Waals surface area (Å²) in [7, 11) is 0. The Labute approximate surface area is 185 Å². The van der Waals surface area contributed by atoms with Crippen LogP contribution >= 0.6 is 0 Å². The molecule has 5 atom stereocenters. The zero-order valence-corrected chi connectivity index (χ0v) is 19.4. The standard InChI is InChI=1S/C25H35N3O3/c1-6-9-28-15(2)10-21(17(28)4)13-22(14-26)25(30)31-18(5)24(29)27-16(3)23-12-19-7-8-20(23)11-19/h10,13,16,18-20,23H,6-9,11-12H2,1-5H3,(H,27,29)/b22-13+/t16-,18-,19-,20-,23+/m1/s1. The van der Waals surface area contributed by atoms with Crippen molar-refractivity contribution in [2.75, 3.05) is 0 Å². The number of hydrogen-bond donors (Lipinski definition) is 1. The van der Waals surface area contributed by atoms with Crippen LogP contribution in [0.4, 0.5) is 0 Å². The highest BCUT2D eigenvalue weighted by molar-refractivity contribution is 5.99. The number of rotatable bonds is 8. The van der Waals surface area contributed by atoms with Crippen LogP contribution < -0.4 is 5.32 Å². The van der Waals surface area contributed by atoms with Gasteiger partial charge in [-0.15, -0.1) is 0 Å². The maximum atomic E-state index is 12.6. The Kier molecular flexibility index (Phi) is 7.25. The molecule has 1 heterocycles. The number of aryl methyl sites for hydroxylation is 1. The number of esters is 1. The summed E-state index contributed by atoms with van der Waals surface area (Å²) in [6.07, 6.45) is 6.65. The lowest BCUT2D eigenvalue weighted by atomic mass is 9.84. The zero-order chi connectivity index (χ0) is 22.7. The summed E-state index contributed by atoms with van der Waals surface area (Å²) in [5.41, 5.74) is 2.81. The van der Waals surface area contributed by atoms with Crippen molar-refractivity contribution in [2.45, 2.75) is 85.4 Å². The normalized spacial score (nSPS) is 24.5. The van der Waals surface area contributed by atoms with Crippen molar-refractivity contribution in [3.63, 3.8) is 0 Å². The molecule has 0 aromatic carbocycles.